The summed E-state index contributed by atoms with van der Waals surface area (Å²) in [6.07, 6.45) is 0.528. The van der Waals surface area contributed by atoms with Gasteiger partial charge in [0.1, 0.15) is 5.78 Å². The van der Waals surface area contributed by atoms with Crippen molar-refractivity contribution in [3.8, 4) is 0 Å². The fraction of sp³-hybridized carbons (Fsp3) is 0.667. The first kappa shape index (κ1) is 7.72. The molecule has 1 saturated carbocycles. The fourth-order valence-electron chi connectivity index (χ4n) is 0.923. The van der Waals surface area contributed by atoms with Gasteiger partial charge in [-0.2, -0.15) is 0 Å². The number of rotatable bonds is 3. The Hall–Kier alpha value is -0.380. The first-order valence-electron chi connectivity index (χ1n) is 2.98. The van der Waals surface area contributed by atoms with E-state index < -0.39 is 11.9 Å². The highest BCUT2D eigenvalue weighted by molar-refractivity contribution is 9.09. The van der Waals surface area contributed by atoms with Crippen molar-refractivity contribution in [3.63, 3.8) is 0 Å². The van der Waals surface area contributed by atoms with Crippen LogP contribution in [0.3, 0.4) is 0 Å². The van der Waals surface area contributed by atoms with Crippen molar-refractivity contribution in [2.24, 2.45) is 11.8 Å². The largest absolute Gasteiger partial charge is 0.481 e. The van der Waals surface area contributed by atoms with Crippen LogP contribution in [0.5, 0.6) is 0 Å². The molecular weight excluding hydrogens is 200 g/mol. The van der Waals surface area contributed by atoms with Gasteiger partial charge in [-0.15, -0.1) is 0 Å². The molecule has 4 heteroatoms. The average molecular weight is 207 g/mol. The van der Waals surface area contributed by atoms with Gasteiger partial charge in [0.2, 0.25) is 0 Å². The minimum Gasteiger partial charge on any atom is -0.481 e. The second-order valence-electron chi connectivity index (χ2n) is 2.39. The molecule has 0 amide bonds. The molecule has 0 aromatic heterocycles. The average Bonchev–Trinajstić information content (AvgIpc) is 2.64. The first-order chi connectivity index (χ1) is 4.66. The maximum atomic E-state index is 10.8. The highest BCUT2D eigenvalue weighted by Crippen LogP contribution is 2.39. The molecule has 0 aromatic rings. The Bertz CT molecular complexity index is 178. The molecule has 0 aliphatic heterocycles. The molecule has 0 aromatic carbocycles. The van der Waals surface area contributed by atoms with E-state index in [2.05, 4.69) is 15.9 Å². The number of ketones is 1. The Kier molecular flexibility index (Phi) is 2.08. The fourth-order valence-corrected chi connectivity index (χ4v) is 1.34. The van der Waals surface area contributed by atoms with Crippen molar-refractivity contribution >= 4 is 27.7 Å². The van der Waals surface area contributed by atoms with Gasteiger partial charge in [0.05, 0.1) is 11.2 Å². The van der Waals surface area contributed by atoms with E-state index in [9.17, 15) is 9.59 Å². The maximum Gasteiger partial charge on any atom is 0.307 e. The van der Waals surface area contributed by atoms with Crippen LogP contribution in [0.4, 0.5) is 0 Å². The summed E-state index contributed by atoms with van der Waals surface area (Å²) in [5.41, 5.74) is 0. The molecule has 0 saturated heterocycles. The van der Waals surface area contributed by atoms with Gasteiger partial charge in [0, 0.05) is 5.92 Å². The lowest BCUT2D eigenvalue weighted by Crippen LogP contribution is -2.08. The van der Waals surface area contributed by atoms with Crippen LogP contribution in [0.1, 0.15) is 6.42 Å². The summed E-state index contributed by atoms with van der Waals surface area (Å²) in [6, 6.07) is 0. The second-order valence-corrected chi connectivity index (χ2v) is 2.95. The van der Waals surface area contributed by atoms with Crippen molar-refractivity contribution in [2.75, 3.05) is 5.33 Å². The highest BCUT2D eigenvalue weighted by atomic mass is 79.9. The van der Waals surface area contributed by atoms with Crippen molar-refractivity contribution in [1.29, 1.82) is 0 Å². The third-order valence-corrected chi connectivity index (χ3v) is 2.21. The van der Waals surface area contributed by atoms with Crippen LogP contribution in [-0.2, 0) is 9.59 Å². The molecule has 3 nitrogen and oxygen atoms in total. The van der Waals surface area contributed by atoms with E-state index >= 15 is 0 Å². The number of alkyl halides is 1. The summed E-state index contributed by atoms with van der Waals surface area (Å²) in [5.74, 6) is -1.45. The molecule has 10 heavy (non-hydrogen) atoms. The Balaban J connectivity index is 2.38. The minimum atomic E-state index is -0.848. The number of carbonyl (C=O) groups is 2. The van der Waals surface area contributed by atoms with Gasteiger partial charge in [-0.25, -0.2) is 0 Å². The lowest BCUT2D eigenvalue weighted by atomic mass is 10.2. The number of halogens is 1. The molecular formula is C6H7BrO3. The number of Topliss-reactive ketones (excluding diaryl/α,β-unsaturated/α-hetero) is 1. The Morgan fingerprint density at radius 1 is 1.50 bits per heavy atom. The monoisotopic (exact) mass is 206 g/mol. The van der Waals surface area contributed by atoms with E-state index in [0.29, 0.717) is 6.42 Å². The van der Waals surface area contributed by atoms with Crippen LogP contribution in [0.25, 0.3) is 0 Å². The van der Waals surface area contributed by atoms with Crippen molar-refractivity contribution in [1.82, 2.24) is 0 Å². The molecule has 56 valence electrons. The molecule has 1 rings (SSSR count). The summed E-state index contributed by atoms with van der Waals surface area (Å²) < 4.78 is 0. The van der Waals surface area contributed by atoms with E-state index in [0.717, 1.165) is 0 Å². The summed E-state index contributed by atoms with van der Waals surface area (Å²) >= 11 is 2.99. The second kappa shape index (κ2) is 2.70. The molecule has 1 fully saturated rings. The third kappa shape index (κ3) is 1.37. The lowest BCUT2D eigenvalue weighted by molar-refractivity contribution is -0.139. The summed E-state index contributed by atoms with van der Waals surface area (Å²) in [5, 5.41) is 8.68. The summed E-state index contributed by atoms with van der Waals surface area (Å²) in [4.78, 5) is 21.0. The number of aliphatic carboxylic acids is 1. The van der Waals surface area contributed by atoms with Crippen LogP contribution in [-0.4, -0.2) is 22.2 Å². The Morgan fingerprint density at radius 2 is 2.10 bits per heavy atom. The van der Waals surface area contributed by atoms with Gasteiger partial charge >= 0.3 is 5.97 Å². The zero-order valence-corrected chi connectivity index (χ0v) is 6.80. The van der Waals surface area contributed by atoms with Gasteiger partial charge in [-0.1, -0.05) is 15.9 Å². The predicted molar refractivity (Wildman–Crippen MR) is 38.0 cm³/mol. The molecule has 1 N–H and O–H groups in total. The van der Waals surface area contributed by atoms with Crippen LogP contribution in [0.15, 0.2) is 0 Å². The standard InChI is InChI=1S/C6H7BrO3/c7-2-5(8)3-1-4(3)6(9)10/h3-4H,1-2H2,(H,9,10)/t3-,4+/m1/s1. The number of hydrogen-bond acceptors (Lipinski definition) is 2. The lowest BCUT2D eigenvalue weighted by Gasteiger charge is -1.88. The molecule has 1 aliphatic carbocycles. The smallest absolute Gasteiger partial charge is 0.307 e. The number of carboxylic acid groups (broad SMARTS) is 1. The molecule has 0 radical (unpaired) electrons. The molecule has 1 aliphatic rings. The SMILES string of the molecule is O=C(O)[C@H]1C[C@H]1C(=O)CBr. The summed E-state index contributed by atoms with van der Waals surface area (Å²) in [7, 11) is 0. The highest BCUT2D eigenvalue weighted by Gasteiger charge is 2.47. The van der Waals surface area contributed by atoms with Gasteiger partial charge in [0.15, 0.2) is 0 Å². The van der Waals surface area contributed by atoms with Crippen molar-refractivity contribution < 1.29 is 14.7 Å². The van der Waals surface area contributed by atoms with E-state index in [-0.39, 0.29) is 17.0 Å². The number of hydrogen-bond donors (Lipinski definition) is 1. The van der Waals surface area contributed by atoms with Gasteiger partial charge in [-0.3, -0.25) is 9.59 Å². The molecule has 0 bridgehead atoms. The van der Waals surface area contributed by atoms with Crippen LogP contribution < -0.4 is 0 Å². The third-order valence-electron chi connectivity index (χ3n) is 1.65. The molecule has 0 unspecified atom stereocenters. The van der Waals surface area contributed by atoms with Gasteiger partial charge in [-0.05, 0) is 6.42 Å². The number of carboxylic acids is 1. The van der Waals surface area contributed by atoms with Gasteiger partial charge < -0.3 is 5.11 Å². The van der Waals surface area contributed by atoms with Crippen LogP contribution in [0, 0.1) is 11.8 Å². The minimum absolute atomic E-state index is 0.00685. The van der Waals surface area contributed by atoms with E-state index in [1.165, 1.54) is 0 Å². The van der Waals surface area contributed by atoms with Crippen molar-refractivity contribution in [2.45, 2.75) is 6.42 Å². The molecule has 0 spiro atoms. The summed E-state index contributed by atoms with van der Waals surface area (Å²) in [6.45, 7) is 0. The van der Waals surface area contributed by atoms with Crippen molar-refractivity contribution in [3.05, 3.63) is 0 Å². The molecule has 0 heterocycles. The van der Waals surface area contributed by atoms with E-state index in [1.54, 1.807) is 0 Å². The topological polar surface area (TPSA) is 54.4 Å². The number of carbonyl (C=O) groups excluding carboxylic acids is 1. The van der Waals surface area contributed by atoms with E-state index in [1.807, 2.05) is 0 Å². The van der Waals surface area contributed by atoms with Crippen LogP contribution >= 0.6 is 15.9 Å². The Labute approximate surface area is 66.5 Å². The van der Waals surface area contributed by atoms with E-state index in [4.69, 9.17) is 5.11 Å². The normalized spacial score (nSPS) is 29.7. The maximum absolute atomic E-state index is 10.8. The first-order valence-corrected chi connectivity index (χ1v) is 4.10. The quantitative estimate of drug-likeness (QED) is 0.692. The van der Waals surface area contributed by atoms with Crippen LogP contribution in [0.2, 0.25) is 0 Å². The van der Waals surface area contributed by atoms with Gasteiger partial charge in [0.25, 0.3) is 0 Å². The Morgan fingerprint density at radius 3 is 2.40 bits per heavy atom. The zero-order valence-electron chi connectivity index (χ0n) is 5.21. The predicted octanol–water partition coefficient (Wildman–Crippen LogP) is 0.671. The zero-order chi connectivity index (χ0) is 7.72. The molecule has 2 atom stereocenters.